The largest absolute Gasteiger partial charge is 0.493 e. The summed E-state index contributed by atoms with van der Waals surface area (Å²) < 4.78 is 5.53. The fourth-order valence-electron chi connectivity index (χ4n) is 4.87. The Morgan fingerprint density at radius 3 is 2.94 bits per heavy atom. The zero-order valence-electron chi connectivity index (χ0n) is 18.7. The molecule has 8 nitrogen and oxygen atoms in total. The van der Waals surface area contributed by atoms with E-state index in [1.165, 1.54) is 5.56 Å². The first-order chi connectivity index (χ1) is 16.0. The third kappa shape index (κ3) is 4.89. The lowest BCUT2D eigenvalue weighted by Crippen LogP contribution is -2.54. The Balaban J connectivity index is 1.13. The SMILES string of the molecule is O=C(O)C[C@H](NC(=O)N1CC(CCc2ccc3c(n2)NCCC3)C1)c1ccc2c(c1)CCO2. The number of likely N-dealkylation sites (tertiary alicyclic amines) is 1. The Kier molecular flexibility index (Phi) is 6.07. The summed E-state index contributed by atoms with van der Waals surface area (Å²) in [6, 6.07) is 9.19. The Hall–Kier alpha value is -3.29. The summed E-state index contributed by atoms with van der Waals surface area (Å²) in [4.78, 5) is 30.7. The van der Waals surface area contributed by atoms with E-state index in [0.717, 1.165) is 67.0 Å². The quantitative estimate of drug-likeness (QED) is 0.599. The van der Waals surface area contributed by atoms with E-state index in [9.17, 15) is 14.7 Å². The molecule has 3 aliphatic heterocycles. The van der Waals surface area contributed by atoms with Crippen LogP contribution in [0.5, 0.6) is 5.75 Å². The smallest absolute Gasteiger partial charge is 0.317 e. The molecule has 1 aromatic heterocycles. The number of carbonyl (C=O) groups excluding carboxylic acids is 1. The predicted octanol–water partition coefficient (Wildman–Crippen LogP) is 3.16. The van der Waals surface area contributed by atoms with Crippen molar-refractivity contribution in [2.45, 2.75) is 44.6 Å². The molecule has 0 bridgehead atoms. The number of benzene rings is 1. The minimum Gasteiger partial charge on any atom is -0.493 e. The number of amides is 2. The van der Waals surface area contributed by atoms with Gasteiger partial charge in [-0.25, -0.2) is 9.78 Å². The lowest BCUT2D eigenvalue weighted by atomic mass is 9.93. The first-order valence-corrected chi connectivity index (χ1v) is 11.8. The molecule has 1 aromatic carbocycles. The topological polar surface area (TPSA) is 104 Å². The molecule has 3 aliphatic rings. The van der Waals surface area contributed by atoms with E-state index in [2.05, 4.69) is 22.8 Å². The van der Waals surface area contributed by atoms with Crippen LogP contribution in [-0.2, 0) is 24.1 Å². The van der Waals surface area contributed by atoms with Gasteiger partial charge in [-0.3, -0.25) is 4.79 Å². The molecule has 4 heterocycles. The highest BCUT2D eigenvalue weighted by Crippen LogP contribution is 2.30. The number of rotatable bonds is 7. The fourth-order valence-corrected chi connectivity index (χ4v) is 4.87. The summed E-state index contributed by atoms with van der Waals surface area (Å²) in [7, 11) is 0. The summed E-state index contributed by atoms with van der Waals surface area (Å²) >= 11 is 0. The highest BCUT2D eigenvalue weighted by Gasteiger charge is 2.32. The van der Waals surface area contributed by atoms with Crippen molar-refractivity contribution in [3.05, 3.63) is 52.7 Å². The van der Waals surface area contributed by atoms with E-state index in [1.54, 1.807) is 4.90 Å². The minimum absolute atomic E-state index is 0.152. The number of nitrogens with one attached hydrogen (secondary N) is 2. The number of aromatic nitrogens is 1. The number of fused-ring (bicyclic) bond motifs is 2. The van der Waals surface area contributed by atoms with E-state index >= 15 is 0 Å². The van der Waals surface area contributed by atoms with Gasteiger partial charge in [-0.05, 0) is 66.5 Å². The molecule has 1 atom stereocenters. The molecular weight excluding hydrogens is 420 g/mol. The molecule has 0 saturated carbocycles. The lowest BCUT2D eigenvalue weighted by molar-refractivity contribution is -0.137. The van der Waals surface area contributed by atoms with Gasteiger partial charge in [0.2, 0.25) is 0 Å². The van der Waals surface area contributed by atoms with Crippen LogP contribution in [0.3, 0.4) is 0 Å². The number of carbonyl (C=O) groups is 2. The normalized spacial score (nSPS) is 17.8. The average molecular weight is 451 g/mol. The highest BCUT2D eigenvalue weighted by molar-refractivity contribution is 5.77. The van der Waals surface area contributed by atoms with Crippen LogP contribution in [0.1, 0.15) is 47.7 Å². The molecule has 33 heavy (non-hydrogen) atoms. The summed E-state index contributed by atoms with van der Waals surface area (Å²) in [5.74, 6) is 1.37. The zero-order valence-corrected chi connectivity index (χ0v) is 18.7. The third-order valence-corrected chi connectivity index (χ3v) is 6.80. The van der Waals surface area contributed by atoms with Crippen LogP contribution in [0.2, 0.25) is 0 Å². The molecular formula is C25H30N4O4. The van der Waals surface area contributed by atoms with E-state index in [0.29, 0.717) is 25.6 Å². The molecule has 8 heteroatoms. The van der Waals surface area contributed by atoms with Gasteiger partial charge in [0.25, 0.3) is 0 Å². The Morgan fingerprint density at radius 1 is 1.21 bits per heavy atom. The third-order valence-electron chi connectivity index (χ3n) is 6.80. The van der Waals surface area contributed by atoms with Crippen molar-refractivity contribution in [1.82, 2.24) is 15.2 Å². The molecule has 2 aromatic rings. The predicted molar refractivity (Wildman–Crippen MR) is 124 cm³/mol. The van der Waals surface area contributed by atoms with E-state index < -0.39 is 12.0 Å². The number of ether oxygens (including phenoxy) is 1. The van der Waals surface area contributed by atoms with E-state index in [1.807, 2.05) is 18.2 Å². The van der Waals surface area contributed by atoms with E-state index in [-0.39, 0.29) is 12.5 Å². The Labute approximate surface area is 193 Å². The molecule has 1 fully saturated rings. The van der Waals surface area contributed by atoms with Crippen LogP contribution in [0.15, 0.2) is 30.3 Å². The van der Waals surface area contributed by atoms with Crippen LogP contribution in [0.4, 0.5) is 10.6 Å². The summed E-state index contributed by atoms with van der Waals surface area (Å²) in [5, 5.41) is 15.7. The number of hydrogen-bond donors (Lipinski definition) is 3. The number of aliphatic carboxylic acids is 1. The van der Waals surface area contributed by atoms with Crippen molar-refractivity contribution >= 4 is 17.8 Å². The van der Waals surface area contributed by atoms with E-state index in [4.69, 9.17) is 9.72 Å². The molecule has 0 spiro atoms. The van der Waals surface area contributed by atoms with Crippen LogP contribution >= 0.6 is 0 Å². The lowest BCUT2D eigenvalue weighted by Gasteiger charge is -2.40. The molecule has 3 N–H and O–H groups in total. The van der Waals surface area contributed by atoms with Crippen molar-refractivity contribution < 1.29 is 19.4 Å². The molecule has 2 amide bonds. The summed E-state index contributed by atoms with van der Waals surface area (Å²) in [6.45, 7) is 3.00. The average Bonchev–Trinajstić information content (AvgIpc) is 3.25. The van der Waals surface area contributed by atoms with Crippen LogP contribution in [-0.4, -0.2) is 53.2 Å². The van der Waals surface area contributed by atoms with Gasteiger partial charge in [0, 0.05) is 31.7 Å². The first kappa shape index (κ1) is 21.6. The summed E-state index contributed by atoms with van der Waals surface area (Å²) in [6.07, 6.45) is 4.78. The highest BCUT2D eigenvalue weighted by atomic mass is 16.5. The van der Waals surface area contributed by atoms with Gasteiger partial charge in [-0.2, -0.15) is 0 Å². The summed E-state index contributed by atoms with van der Waals surface area (Å²) in [5.41, 5.74) is 4.25. The fraction of sp³-hybridized carbons (Fsp3) is 0.480. The van der Waals surface area contributed by atoms with Crippen LogP contribution < -0.4 is 15.4 Å². The van der Waals surface area contributed by atoms with Gasteiger partial charge in [0.15, 0.2) is 0 Å². The molecule has 1 saturated heterocycles. The maximum atomic E-state index is 12.8. The molecule has 0 radical (unpaired) electrons. The standard InChI is InChI=1S/C25H30N4O4/c30-23(31)13-21(18-5-8-22-19(12-18)9-11-33-22)28-25(32)29-14-16(15-29)3-6-20-7-4-17-2-1-10-26-24(17)27-20/h4-5,7-8,12,16,21H,1-3,6,9-11,13-15H2,(H,26,27)(H,28,32)(H,30,31)/t21-/m0/s1. The number of nitrogens with zero attached hydrogens (tertiary/aromatic N) is 2. The monoisotopic (exact) mass is 450 g/mol. The van der Waals surface area contributed by atoms with Crippen molar-refractivity contribution in [1.29, 1.82) is 0 Å². The zero-order chi connectivity index (χ0) is 22.8. The van der Waals surface area contributed by atoms with Crippen molar-refractivity contribution in [2.24, 2.45) is 5.92 Å². The number of urea groups is 1. The van der Waals surface area contributed by atoms with Gasteiger partial charge < -0.3 is 25.4 Å². The van der Waals surface area contributed by atoms with Crippen LogP contribution in [0, 0.1) is 5.92 Å². The van der Waals surface area contributed by atoms with Gasteiger partial charge in [-0.15, -0.1) is 0 Å². The molecule has 174 valence electrons. The van der Waals surface area contributed by atoms with Gasteiger partial charge in [-0.1, -0.05) is 12.1 Å². The van der Waals surface area contributed by atoms with Gasteiger partial charge in [0.05, 0.1) is 19.1 Å². The van der Waals surface area contributed by atoms with Crippen LogP contribution in [0.25, 0.3) is 0 Å². The van der Waals surface area contributed by atoms with Gasteiger partial charge >= 0.3 is 12.0 Å². The number of aryl methyl sites for hydroxylation is 2. The number of hydrogen-bond acceptors (Lipinski definition) is 5. The maximum Gasteiger partial charge on any atom is 0.317 e. The van der Waals surface area contributed by atoms with Gasteiger partial charge in [0.1, 0.15) is 11.6 Å². The first-order valence-electron chi connectivity index (χ1n) is 11.8. The minimum atomic E-state index is -0.939. The Bertz CT molecular complexity index is 1050. The maximum absolute atomic E-state index is 12.8. The molecule has 0 unspecified atom stereocenters. The second kappa shape index (κ2) is 9.29. The second-order valence-corrected chi connectivity index (χ2v) is 9.22. The number of pyridine rings is 1. The number of carboxylic acid groups (broad SMARTS) is 1. The van der Waals surface area contributed by atoms with Crippen molar-refractivity contribution in [3.63, 3.8) is 0 Å². The Morgan fingerprint density at radius 2 is 2.09 bits per heavy atom. The molecule has 0 aliphatic carbocycles. The van der Waals surface area contributed by atoms with Crippen molar-refractivity contribution in [2.75, 3.05) is 31.6 Å². The number of anilines is 1. The molecule has 5 rings (SSSR count). The number of carboxylic acids is 1. The second-order valence-electron chi connectivity index (χ2n) is 9.22. The van der Waals surface area contributed by atoms with Crippen molar-refractivity contribution in [3.8, 4) is 5.75 Å².